The minimum Gasteiger partial charge on any atom is -0.390 e. The Bertz CT molecular complexity index is 575. The predicted octanol–water partition coefficient (Wildman–Crippen LogP) is 5.03. The summed E-state index contributed by atoms with van der Waals surface area (Å²) in [4.78, 5) is 4.33. The summed E-state index contributed by atoms with van der Waals surface area (Å²) >= 11 is 0. The molecule has 1 N–H and O–H groups in total. The molecule has 2 nitrogen and oxygen atoms in total. The SMILES string of the molecule is CCC(C)C(C)C.Cc1cccc2cc(CO)nc(C)c12. The molecule has 0 aliphatic carbocycles. The Morgan fingerprint density at radius 1 is 1.14 bits per heavy atom. The maximum Gasteiger partial charge on any atom is 0.0853 e. The van der Waals surface area contributed by atoms with E-state index in [1.54, 1.807) is 0 Å². The van der Waals surface area contributed by atoms with Crippen molar-refractivity contribution < 1.29 is 5.11 Å². The average molecular weight is 287 g/mol. The van der Waals surface area contributed by atoms with Crippen LogP contribution in [0.2, 0.25) is 0 Å². The zero-order chi connectivity index (χ0) is 16.0. The molecule has 0 radical (unpaired) electrons. The molecule has 2 heteroatoms. The summed E-state index contributed by atoms with van der Waals surface area (Å²) in [5.41, 5.74) is 2.96. The molecule has 0 spiro atoms. The number of rotatable bonds is 3. The Balaban J connectivity index is 0.000000270. The second-order valence-electron chi connectivity index (χ2n) is 6.16. The Kier molecular flexibility index (Phi) is 6.83. The van der Waals surface area contributed by atoms with E-state index in [0.29, 0.717) is 0 Å². The van der Waals surface area contributed by atoms with E-state index in [1.165, 1.54) is 17.4 Å². The molecule has 116 valence electrons. The van der Waals surface area contributed by atoms with E-state index in [-0.39, 0.29) is 6.61 Å². The van der Waals surface area contributed by atoms with E-state index in [0.717, 1.165) is 28.6 Å². The lowest BCUT2D eigenvalue weighted by molar-refractivity contribution is 0.277. The fourth-order valence-corrected chi connectivity index (χ4v) is 2.34. The molecule has 1 atom stereocenters. The average Bonchev–Trinajstić information content (AvgIpc) is 2.46. The highest BCUT2D eigenvalue weighted by Crippen LogP contribution is 2.21. The van der Waals surface area contributed by atoms with Crippen molar-refractivity contribution >= 4 is 10.8 Å². The van der Waals surface area contributed by atoms with Gasteiger partial charge in [-0.25, -0.2) is 0 Å². The van der Waals surface area contributed by atoms with Crippen LogP contribution in [0, 0.1) is 25.7 Å². The summed E-state index contributed by atoms with van der Waals surface area (Å²) in [6.07, 6.45) is 1.32. The maximum absolute atomic E-state index is 9.03. The maximum atomic E-state index is 9.03. The molecule has 1 heterocycles. The van der Waals surface area contributed by atoms with Crippen LogP contribution in [-0.2, 0) is 6.61 Å². The van der Waals surface area contributed by atoms with Gasteiger partial charge in [0.05, 0.1) is 12.3 Å². The molecule has 0 aliphatic heterocycles. The zero-order valence-corrected chi connectivity index (χ0v) is 14.3. The van der Waals surface area contributed by atoms with Crippen LogP contribution in [0.3, 0.4) is 0 Å². The van der Waals surface area contributed by atoms with Crippen molar-refractivity contribution in [3.8, 4) is 0 Å². The van der Waals surface area contributed by atoms with E-state index >= 15 is 0 Å². The van der Waals surface area contributed by atoms with Gasteiger partial charge >= 0.3 is 0 Å². The summed E-state index contributed by atoms with van der Waals surface area (Å²) in [6.45, 7) is 13.1. The number of hydrogen-bond donors (Lipinski definition) is 1. The van der Waals surface area contributed by atoms with Crippen LogP contribution >= 0.6 is 0 Å². The third-order valence-corrected chi connectivity index (χ3v) is 4.24. The molecule has 0 fully saturated rings. The van der Waals surface area contributed by atoms with Gasteiger partial charge in [-0.2, -0.15) is 0 Å². The molecule has 0 saturated heterocycles. The molecule has 2 rings (SSSR count). The van der Waals surface area contributed by atoms with Crippen LogP contribution in [0.4, 0.5) is 0 Å². The summed E-state index contributed by atoms with van der Waals surface area (Å²) in [5, 5.41) is 11.4. The first-order chi connectivity index (χ1) is 9.90. The number of nitrogens with zero attached hydrogens (tertiary/aromatic N) is 1. The third-order valence-electron chi connectivity index (χ3n) is 4.24. The standard InChI is InChI=1S/C12H13NO.C7H16/c1-8-4-3-5-10-6-11(7-14)13-9(2)12(8)10;1-5-7(4)6(2)3/h3-6,14H,7H2,1-2H3;6-7H,5H2,1-4H3. The fourth-order valence-electron chi connectivity index (χ4n) is 2.34. The van der Waals surface area contributed by atoms with Gasteiger partial charge in [0.2, 0.25) is 0 Å². The molecule has 21 heavy (non-hydrogen) atoms. The van der Waals surface area contributed by atoms with Crippen molar-refractivity contribution in [1.29, 1.82) is 0 Å². The number of fused-ring (bicyclic) bond motifs is 1. The van der Waals surface area contributed by atoms with Gasteiger partial charge in [-0.15, -0.1) is 0 Å². The smallest absolute Gasteiger partial charge is 0.0853 e. The van der Waals surface area contributed by atoms with Gasteiger partial charge in [-0.3, -0.25) is 4.98 Å². The molecule has 1 aromatic heterocycles. The van der Waals surface area contributed by atoms with Crippen molar-refractivity contribution in [2.45, 2.75) is 54.6 Å². The molecule has 0 bridgehead atoms. The van der Waals surface area contributed by atoms with Gasteiger partial charge in [0.1, 0.15) is 0 Å². The number of hydrogen-bond acceptors (Lipinski definition) is 2. The van der Waals surface area contributed by atoms with Crippen LogP contribution in [0.15, 0.2) is 24.3 Å². The molecular formula is C19H29NO. The van der Waals surface area contributed by atoms with Crippen molar-refractivity contribution in [2.75, 3.05) is 0 Å². The highest BCUT2D eigenvalue weighted by Gasteiger charge is 2.03. The highest BCUT2D eigenvalue weighted by atomic mass is 16.3. The lowest BCUT2D eigenvalue weighted by Gasteiger charge is -2.10. The van der Waals surface area contributed by atoms with Gasteiger partial charge in [0.25, 0.3) is 0 Å². The van der Waals surface area contributed by atoms with E-state index < -0.39 is 0 Å². The Labute approximate surface area is 129 Å². The van der Waals surface area contributed by atoms with Crippen LogP contribution in [0.5, 0.6) is 0 Å². The number of aliphatic hydroxyl groups excluding tert-OH is 1. The van der Waals surface area contributed by atoms with E-state index in [9.17, 15) is 0 Å². The second-order valence-corrected chi connectivity index (χ2v) is 6.16. The quantitative estimate of drug-likeness (QED) is 0.858. The summed E-state index contributed by atoms with van der Waals surface area (Å²) in [7, 11) is 0. The van der Waals surface area contributed by atoms with Crippen molar-refractivity contribution in [3.63, 3.8) is 0 Å². The fraction of sp³-hybridized carbons (Fsp3) is 0.526. The third kappa shape index (κ3) is 4.82. The zero-order valence-electron chi connectivity index (χ0n) is 14.3. The minimum absolute atomic E-state index is 0.00468. The Morgan fingerprint density at radius 2 is 1.81 bits per heavy atom. The summed E-state index contributed by atoms with van der Waals surface area (Å²) in [6, 6.07) is 8.10. The summed E-state index contributed by atoms with van der Waals surface area (Å²) < 4.78 is 0. The van der Waals surface area contributed by atoms with Crippen LogP contribution in [-0.4, -0.2) is 10.1 Å². The van der Waals surface area contributed by atoms with Crippen molar-refractivity contribution in [1.82, 2.24) is 4.98 Å². The molecule has 1 aromatic carbocycles. The molecule has 0 aliphatic rings. The number of aliphatic hydroxyl groups is 1. The summed E-state index contributed by atoms with van der Waals surface area (Å²) in [5.74, 6) is 1.77. The lowest BCUT2D eigenvalue weighted by Crippen LogP contribution is -2.00. The Morgan fingerprint density at radius 3 is 2.29 bits per heavy atom. The molecular weight excluding hydrogens is 258 g/mol. The van der Waals surface area contributed by atoms with E-state index in [2.05, 4.69) is 51.7 Å². The molecule has 0 saturated carbocycles. The first kappa shape index (κ1) is 17.6. The highest BCUT2D eigenvalue weighted by molar-refractivity contribution is 5.87. The number of aromatic nitrogens is 1. The first-order valence-electron chi connectivity index (χ1n) is 7.87. The monoisotopic (exact) mass is 287 g/mol. The lowest BCUT2D eigenvalue weighted by atomic mass is 9.96. The van der Waals surface area contributed by atoms with Crippen molar-refractivity contribution in [2.24, 2.45) is 11.8 Å². The normalized spacial score (nSPS) is 12.2. The van der Waals surface area contributed by atoms with Gasteiger partial charge < -0.3 is 5.11 Å². The van der Waals surface area contributed by atoms with Crippen molar-refractivity contribution in [3.05, 3.63) is 41.2 Å². The van der Waals surface area contributed by atoms with Crippen LogP contribution < -0.4 is 0 Å². The predicted molar refractivity (Wildman–Crippen MR) is 91.4 cm³/mol. The van der Waals surface area contributed by atoms with E-state index in [1.807, 2.05) is 19.1 Å². The topological polar surface area (TPSA) is 33.1 Å². The van der Waals surface area contributed by atoms with Gasteiger partial charge in [-0.1, -0.05) is 52.3 Å². The number of pyridine rings is 1. The van der Waals surface area contributed by atoms with Gasteiger partial charge in [-0.05, 0) is 42.7 Å². The minimum atomic E-state index is 0.00468. The second kappa shape index (κ2) is 8.14. The van der Waals surface area contributed by atoms with Crippen LogP contribution in [0.25, 0.3) is 10.8 Å². The number of benzene rings is 1. The first-order valence-corrected chi connectivity index (χ1v) is 7.87. The molecule has 1 unspecified atom stereocenters. The van der Waals surface area contributed by atoms with E-state index in [4.69, 9.17) is 5.11 Å². The van der Waals surface area contributed by atoms with Crippen LogP contribution in [0.1, 0.15) is 51.1 Å². The largest absolute Gasteiger partial charge is 0.390 e. The number of aryl methyl sites for hydroxylation is 2. The van der Waals surface area contributed by atoms with Gasteiger partial charge in [0.15, 0.2) is 0 Å². The van der Waals surface area contributed by atoms with Gasteiger partial charge in [0, 0.05) is 11.1 Å². The Hall–Kier alpha value is -1.41. The molecule has 2 aromatic rings. The molecule has 0 amide bonds.